The van der Waals surface area contributed by atoms with E-state index in [1.807, 2.05) is 48.5 Å². The highest BCUT2D eigenvalue weighted by Crippen LogP contribution is 2.53. The average Bonchev–Trinajstić information content (AvgIpc) is 2.93. The van der Waals surface area contributed by atoms with Crippen molar-refractivity contribution in [1.29, 1.82) is 0 Å². The Morgan fingerprint density at radius 2 is 1.36 bits per heavy atom. The Morgan fingerprint density at radius 3 is 1.72 bits per heavy atom. The van der Waals surface area contributed by atoms with Crippen molar-refractivity contribution in [3.05, 3.63) is 59.7 Å². The van der Waals surface area contributed by atoms with E-state index < -0.39 is 29.2 Å². The first-order valence-electron chi connectivity index (χ1n) is 8.58. The number of aliphatic carboxylic acids is 2. The molecule has 2 aromatic carbocycles. The van der Waals surface area contributed by atoms with Gasteiger partial charge in [-0.25, -0.2) is 0 Å². The summed E-state index contributed by atoms with van der Waals surface area (Å²) in [6.07, 6.45) is 0.344. The van der Waals surface area contributed by atoms with Crippen LogP contribution >= 0.6 is 0 Å². The zero-order valence-corrected chi connectivity index (χ0v) is 14.3. The van der Waals surface area contributed by atoms with Gasteiger partial charge in [0.05, 0.1) is 0 Å². The van der Waals surface area contributed by atoms with E-state index in [1.54, 1.807) is 13.8 Å². The molecule has 0 saturated carbocycles. The smallest absolute Gasteiger partial charge is 0.0482 e. The molecule has 0 bridgehead atoms. The van der Waals surface area contributed by atoms with Crippen LogP contribution in [0.15, 0.2) is 48.5 Å². The third-order valence-electron chi connectivity index (χ3n) is 5.73. The number of carbonyl (C=O) groups is 2. The van der Waals surface area contributed by atoms with Crippen LogP contribution in [-0.2, 0) is 9.59 Å². The van der Waals surface area contributed by atoms with E-state index in [9.17, 15) is 19.8 Å². The van der Waals surface area contributed by atoms with Gasteiger partial charge in [0.25, 0.3) is 0 Å². The van der Waals surface area contributed by atoms with E-state index in [0.29, 0.717) is 0 Å². The fraction of sp³-hybridized carbons (Fsp3) is 0.333. The van der Waals surface area contributed by atoms with Crippen LogP contribution in [0.2, 0.25) is 0 Å². The second-order valence-electron chi connectivity index (χ2n) is 6.60. The maximum absolute atomic E-state index is 12.2. The van der Waals surface area contributed by atoms with Gasteiger partial charge in [-0.15, -0.1) is 0 Å². The lowest BCUT2D eigenvalue weighted by molar-refractivity contribution is -0.336. The van der Waals surface area contributed by atoms with E-state index in [4.69, 9.17) is 0 Å². The molecule has 25 heavy (non-hydrogen) atoms. The number of hydrogen-bond donors (Lipinski definition) is 0. The van der Waals surface area contributed by atoms with Gasteiger partial charge in [-0.05, 0) is 35.1 Å². The number of hydrogen-bond acceptors (Lipinski definition) is 4. The molecule has 0 aliphatic heterocycles. The van der Waals surface area contributed by atoms with Gasteiger partial charge in [0.2, 0.25) is 0 Å². The summed E-state index contributed by atoms with van der Waals surface area (Å²) in [6.45, 7) is 3.39. The second kappa shape index (κ2) is 6.36. The zero-order valence-electron chi connectivity index (χ0n) is 14.3. The van der Waals surface area contributed by atoms with Crippen molar-refractivity contribution in [2.75, 3.05) is 0 Å². The molecule has 0 spiro atoms. The Hall–Kier alpha value is -2.62. The predicted molar refractivity (Wildman–Crippen MR) is 90.2 cm³/mol. The Kier molecular flexibility index (Phi) is 4.38. The molecule has 0 amide bonds. The van der Waals surface area contributed by atoms with E-state index in [1.165, 1.54) is 0 Å². The SMILES string of the molecule is CCC(CC)(C(=O)[O-])C(C(=O)[O-])C1c2ccccc2-c2ccccc21. The fourth-order valence-corrected chi connectivity index (χ4v) is 4.34. The van der Waals surface area contributed by atoms with Crippen LogP contribution in [0.5, 0.6) is 0 Å². The van der Waals surface area contributed by atoms with Gasteiger partial charge >= 0.3 is 0 Å². The van der Waals surface area contributed by atoms with Gasteiger partial charge in [0.1, 0.15) is 0 Å². The second-order valence-corrected chi connectivity index (χ2v) is 6.60. The molecule has 4 nitrogen and oxygen atoms in total. The molecule has 2 aromatic rings. The lowest BCUT2D eigenvalue weighted by Crippen LogP contribution is -2.54. The van der Waals surface area contributed by atoms with E-state index >= 15 is 0 Å². The summed E-state index contributed by atoms with van der Waals surface area (Å²) in [7, 11) is 0. The van der Waals surface area contributed by atoms with E-state index in [2.05, 4.69) is 0 Å². The van der Waals surface area contributed by atoms with Crippen LogP contribution in [0.3, 0.4) is 0 Å². The maximum atomic E-state index is 12.2. The molecule has 0 radical (unpaired) electrons. The van der Waals surface area contributed by atoms with Crippen LogP contribution in [0.1, 0.15) is 43.7 Å². The summed E-state index contributed by atoms with van der Waals surface area (Å²) in [5.41, 5.74) is 2.10. The summed E-state index contributed by atoms with van der Waals surface area (Å²) in [4.78, 5) is 24.2. The number of benzene rings is 2. The van der Waals surface area contributed by atoms with Crippen LogP contribution in [0.25, 0.3) is 11.1 Å². The average molecular weight is 336 g/mol. The lowest BCUT2D eigenvalue weighted by atomic mass is 9.64. The normalized spacial score (nSPS) is 14.6. The number of rotatable bonds is 6. The van der Waals surface area contributed by atoms with Gasteiger partial charge in [0, 0.05) is 29.2 Å². The number of carboxylic acids is 2. The Labute approximate surface area is 147 Å². The molecule has 4 heteroatoms. The Balaban J connectivity index is 2.28. The summed E-state index contributed by atoms with van der Waals surface area (Å²) in [6, 6.07) is 15.1. The number of fused-ring (bicyclic) bond motifs is 3. The van der Waals surface area contributed by atoms with Crippen molar-refractivity contribution in [3.63, 3.8) is 0 Å². The van der Waals surface area contributed by atoms with Crippen LogP contribution in [-0.4, -0.2) is 11.9 Å². The molecule has 0 N–H and O–H groups in total. The topological polar surface area (TPSA) is 80.3 Å². The largest absolute Gasteiger partial charge is 0.550 e. The highest BCUT2D eigenvalue weighted by Gasteiger charge is 2.46. The van der Waals surface area contributed by atoms with Gasteiger partial charge in [0.15, 0.2) is 0 Å². The standard InChI is InChI=1S/C21H22O4/c1-3-21(4-2,20(24)25)18(19(22)23)17-15-11-7-5-9-13(15)14-10-6-8-12-16(14)17/h5-12,17-18H,3-4H2,1-2H3,(H,22,23)(H,24,25)/p-2. The van der Waals surface area contributed by atoms with Gasteiger partial charge < -0.3 is 19.8 Å². The van der Waals surface area contributed by atoms with E-state index in [0.717, 1.165) is 22.3 Å². The summed E-state index contributed by atoms with van der Waals surface area (Å²) >= 11 is 0. The summed E-state index contributed by atoms with van der Waals surface area (Å²) in [5.74, 6) is -4.43. The van der Waals surface area contributed by atoms with Crippen molar-refractivity contribution >= 4 is 11.9 Å². The van der Waals surface area contributed by atoms with Crippen molar-refractivity contribution in [3.8, 4) is 11.1 Å². The van der Waals surface area contributed by atoms with Crippen molar-refractivity contribution in [2.24, 2.45) is 11.3 Å². The van der Waals surface area contributed by atoms with Crippen LogP contribution < -0.4 is 10.2 Å². The fourth-order valence-electron chi connectivity index (χ4n) is 4.34. The van der Waals surface area contributed by atoms with Gasteiger partial charge in [-0.1, -0.05) is 62.4 Å². The van der Waals surface area contributed by atoms with Crippen molar-refractivity contribution < 1.29 is 19.8 Å². The first kappa shape index (κ1) is 17.2. The van der Waals surface area contributed by atoms with Crippen LogP contribution in [0, 0.1) is 11.3 Å². The molecular weight excluding hydrogens is 316 g/mol. The quantitative estimate of drug-likeness (QED) is 0.804. The van der Waals surface area contributed by atoms with Crippen molar-refractivity contribution in [2.45, 2.75) is 32.6 Å². The molecule has 0 saturated heterocycles. The third kappa shape index (κ3) is 2.44. The van der Waals surface area contributed by atoms with Gasteiger partial charge in [-0.3, -0.25) is 0 Å². The molecule has 1 unspecified atom stereocenters. The van der Waals surface area contributed by atoms with Crippen molar-refractivity contribution in [1.82, 2.24) is 0 Å². The molecule has 1 aliphatic carbocycles. The molecule has 130 valence electrons. The minimum Gasteiger partial charge on any atom is -0.550 e. The Bertz CT molecular complexity index is 775. The summed E-state index contributed by atoms with van der Waals surface area (Å²) < 4.78 is 0. The first-order chi connectivity index (χ1) is 12.0. The number of carboxylic acid groups (broad SMARTS) is 2. The molecule has 0 aromatic heterocycles. The summed E-state index contributed by atoms with van der Waals surface area (Å²) in [5, 5.41) is 24.2. The maximum Gasteiger partial charge on any atom is 0.0482 e. The predicted octanol–water partition coefficient (Wildman–Crippen LogP) is 1.72. The van der Waals surface area contributed by atoms with Crippen LogP contribution in [0.4, 0.5) is 0 Å². The molecule has 1 aliphatic rings. The molecule has 1 atom stereocenters. The molecular formula is C21H20O4-2. The molecule has 0 fully saturated rings. The lowest BCUT2D eigenvalue weighted by Gasteiger charge is -2.44. The minimum atomic E-state index is -1.48. The molecule has 0 heterocycles. The highest BCUT2D eigenvalue weighted by molar-refractivity contribution is 5.87. The zero-order chi connectivity index (χ0) is 18.2. The number of carbonyl (C=O) groups excluding carboxylic acids is 2. The van der Waals surface area contributed by atoms with Gasteiger partial charge in [-0.2, -0.15) is 0 Å². The first-order valence-corrected chi connectivity index (χ1v) is 8.58. The molecule has 3 rings (SSSR count). The van der Waals surface area contributed by atoms with E-state index in [-0.39, 0.29) is 12.8 Å². The minimum absolute atomic E-state index is 0.172. The highest BCUT2D eigenvalue weighted by atomic mass is 16.4. The monoisotopic (exact) mass is 336 g/mol. The Morgan fingerprint density at radius 1 is 0.920 bits per heavy atom. The third-order valence-corrected chi connectivity index (χ3v) is 5.73.